The summed E-state index contributed by atoms with van der Waals surface area (Å²) in [6.07, 6.45) is 0. The number of rotatable bonds is 2. The molecule has 10 aromatic rings. The van der Waals surface area contributed by atoms with Crippen LogP contribution in [0.1, 0.15) is 0 Å². The molecule has 0 bridgehead atoms. The number of fused-ring (bicyclic) bond motifs is 11. The van der Waals surface area contributed by atoms with Crippen LogP contribution in [0.5, 0.6) is 0 Å². The van der Waals surface area contributed by atoms with Crippen molar-refractivity contribution in [2.45, 2.75) is 0 Å². The van der Waals surface area contributed by atoms with Gasteiger partial charge >= 0.3 is 0 Å². The average molecular weight is 561 g/mol. The lowest BCUT2D eigenvalue weighted by atomic mass is 9.86. The van der Waals surface area contributed by atoms with Crippen LogP contribution in [-0.2, 0) is 0 Å². The molecule has 204 valence electrons. The molecule has 2 nitrogen and oxygen atoms in total. The monoisotopic (exact) mass is 560 g/mol. The van der Waals surface area contributed by atoms with Gasteiger partial charge in [0, 0.05) is 21.5 Å². The van der Waals surface area contributed by atoms with Crippen LogP contribution < -0.4 is 0 Å². The molecular weight excluding hydrogens is 536 g/mol. The second kappa shape index (κ2) is 8.82. The maximum atomic E-state index is 6.67. The first-order chi connectivity index (χ1) is 21.8. The molecule has 44 heavy (non-hydrogen) atoms. The minimum absolute atomic E-state index is 0.835. The summed E-state index contributed by atoms with van der Waals surface area (Å²) in [6, 6.07) is 51.8. The molecular formula is C42H24O2. The zero-order valence-electron chi connectivity index (χ0n) is 23.7. The Labute approximate surface area is 252 Å². The van der Waals surface area contributed by atoms with Crippen LogP contribution in [0.15, 0.2) is 154 Å². The van der Waals surface area contributed by atoms with Gasteiger partial charge in [0.2, 0.25) is 0 Å². The molecule has 0 spiro atoms. The van der Waals surface area contributed by atoms with E-state index in [1.54, 1.807) is 0 Å². The van der Waals surface area contributed by atoms with Crippen molar-refractivity contribution < 1.29 is 8.83 Å². The Kier molecular flexibility index (Phi) is 4.75. The Morgan fingerprint density at radius 2 is 0.886 bits per heavy atom. The standard InChI is InChI=1S/C42H24O2/c1-2-11-26(12-3-1)38-29-14-6-8-16-31(29)39(32-17-9-7-15-30(32)38)27-19-21-35-37(24-27)43-36-23-22-34-33-20-18-25-10-4-5-13-28(25)41(33)44-42(34)40(35)36/h1-24H. The Morgan fingerprint density at radius 3 is 1.61 bits per heavy atom. The Balaban J connectivity index is 1.26. The van der Waals surface area contributed by atoms with Crippen LogP contribution in [0.2, 0.25) is 0 Å². The molecule has 10 rings (SSSR count). The zero-order valence-corrected chi connectivity index (χ0v) is 23.7. The number of hydrogen-bond donors (Lipinski definition) is 0. The molecule has 0 aliphatic heterocycles. The molecule has 0 saturated heterocycles. The van der Waals surface area contributed by atoms with Gasteiger partial charge in [-0.05, 0) is 79.5 Å². The van der Waals surface area contributed by atoms with Crippen molar-refractivity contribution in [1.29, 1.82) is 0 Å². The van der Waals surface area contributed by atoms with Gasteiger partial charge in [-0.2, -0.15) is 0 Å². The van der Waals surface area contributed by atoms with E-state index in [0.717, 1.165) is 54.8 Å². The summed E-state index contributed by atoms with van der Waals surface area (Å²) in [7, 11) is 0. The lowest BCUT2D eigenvalue weighted by molar-refractivity contribution is 0.664. The first-order valence-electron chi connectivity index (χ1n) is 15.0. The van der Waals surface area contributed by atoms with E-state index in [1.165, 1.54) is 43.6 Å². The largest absolute Gasteiger partial charge is 0.456 e. The minimum atomic E-state index is 0.835. The maximum absolute atomic E-state index is 6.67. The van der Waals surface area contributed by atoms with Crippen LogP contribution in [0.4, 0.5) is 0 Å². The molecule has 2 heteroatoms. The van der Waals surface area contributed by atoms with Gasteiger partial charge in [-0.25, -0.2) is 0 Å². The first-order valence-corrected chi connectivity index (χ1v) is 15.0. The summed E-state index contributed by atoms with van der Waals surface area (Å²) in [5.41, 5.74) is 8.34. The summed E-state index contributed by atoms with van der Waals surface area (Å²) in [6.45, 7) is 0. The molecule has 0 unspecified atom stereocenters. The van der Waals surface area contributed by atoms with Gasteiger partial charge in [-0.1, -0.05) is 115 Å². The van der Waals surface area contributed by atoms with Crippen molar-refractivity contribution in [2.24, 2.45) is 0 Å². The van der Waals surface area contributed by atoms with E-state index in [9.17, 15) is 0 Å². The maximum Gasteiger partial charge on any atom is 0.147 e. The quantitative estimate of drug-likeness (QED) is 0.197. The van der Waals surface area contributed by atoms with Crippen LogP contribution in [-0.4, -0.2) is 0 Å². The SMILES string of the molecule is c1ccc(-c2c3ccccc3c(-c3ccc4c(c3)oc3ccc5c6ccc7ccccc7c6oc5c34)c3ccccc23)cc1. The van der Waals surface area contributed by atoms with Gasteiger partial charge < -0.3 is 8.83 Å². The molecule has 0 saturated carbocycles. The third kappa shape index (κ3) is 3.20. The van der Waals surface area contributed by atoms with Crippen LogP contribution in [0, 0.1) is 0 Å². The van der Waals surface area contributed by atoms with Crippen LogP contribution in [0.25, 0.3) is 98.4 Å². The fourth-order valence-corrected chi connectivity index (χ4v) is 7.33. The van der Waals surface area contributed by atoms with Crippen molar-refractivity contribution in [3.63, 3.8) is 0 Å². The highest BCUT2D eigenvalue weighted by Crippen LogP contribution is 2.46. The summed E-state index contributed by atoms with van der Waals surface area (Å²) in [5, 5.41) is 11.6. The number of furan rings is 2. The molecule has 0 aliphatic carbocycles. The van der Waals surface area contributed by atoms with Crippen molar-refractivity contribution in [2.75, 3.05) is 0 Å². The van der Waals surface area contributed by atoms with Crippen molar-refractivity contribution in [3.8, 4) is 22.3 Å². The van der Waals surface area contributed by atoms with E-state index in [1.807, 2.05) is 0 Å². The third-order valence-corrected chi connectivity index (χ3v) is 9.25. The topological polar surface area (TPSA) is 26.3 Å². The fourth-order valence-electron chi connectivity index (χ4n) is 7.33. The molecule has 0 amide bonds. The predicted molar refractivity (Wildman–Crippen MR) is 184 cm³/mol. The smallest absolute Gasteiger partial charge is 0.147 e. The molecule has 2 aromatic heterocycles. The first kappa shape index (κ1) is 23.7. The highest BCUT2D eigenvalue weighted by Gasteiger charge is 2.20. The molecule has 0 fully saturated rings. The van der Waals surface area contributed by atoms with Gasteiger partial charge in [-0.15, -0.1) is 0 Å². The van der Waals surface area contributed by atoms with Crippen molar-refractivity contribution in [3.05, 3.63) is 146 Å². The van der Waals surface area contributed by atoms with Crippen LogP contribution in [0.3, 0.4) is 0 Å². The summed E-state index contributed by atoms with van der Waals surface area (Å²) in [4.78, 5) is 0. The van der Waals surface area contributed by atoms with Crippen LogP contribution >= 0.6 is 0 Å². The second-order valence-corrected chi connectivity index (χ2v) is 11.6. The van der Waals surface area contributed by atoms with E-state index in [4.69, 9.17) is 8.83 Å². The summed E-state index contributed by atoms with van der Waals surface area (Å²) >= 11 is 0. The second-order valence-electron chi connectivity index (χ2n) is 11.6. The Bertz CT molecular complexity index is 2700. The van der Waals surface area contributed by atoms with E-state index >= 15 is 0 Å². The Morgan fingerprint density at radius 1 is 0.318 bits per heavy atom. The van der Waals surface area contributed by atoms with E-state index < -0.39 is 0 Å². The lowest BCUT2D eigenvalue weighted by Crippen LogP contribution is -1.90. The van der Waals surface area contributed by atoms with E-state index in [-0.39, 0.29) is 0 Å². The molecule has 0 radical (unpaired) electrons. The van der Waals surface area contributed by atoms with Gasteiger partial charge in [0.15, 0.2) is 0 Å². The van der Waals surface area contributed by atoms with E-state index in [2.05, 4.69) is 146 Å². The molecule has 0 N–H and O–H groups in total. The molecule has 2 heterocycles. The number of hydrogen-bond acceptors (Lipinski definition) is 2. The van der Waals surface area contributed by atoms with Gasteiger partial charge in [0.05, 0.1) is 5.39 Å². The fraction of sp³-hybridized carbons (Fsp3) is 0. The molecule has 0 atom stereocenters. The van der Waals surface area contributed by atoms with Gasteiger partial charge in [0.25, 0.3) is 0 Å². The lowest BCUT2D eigenvalue weighted by Gasteiger charge is -2.17. The number of benzene rings is 8. The van der Waals surface area contributed by atoms with Gasteiger partial charge in [-0.3, -0.25) is 0 Å². The van der Waals surface area contributed by atoms with Gasteiger partial charge in [0.1, 0.15) is 22.3 Å². The summed E-state index contributed by atoms with van der Waals surface area (Å²) in [5.74, 6) is 0. The zero-order chi connectivity index (χ0) is 28.8. The molecule has 0 aliphatic rings. The average Bonchev–Trinajstić information content (AvgIpc) is 3.65. The predicted octanol–water partition coefficient (Wildman–Crippen LogP) is 12.3. The summed E-state index contributed by atoms with van der Waals surface area (Å²) < 4.78 is 13.2. The van der Waals surface area contributed by atoms with E-state index in [0.29, 0.717) is 0 Å². The third-order valence-electron chi connectivity index (χ3n) is 9.25. The Hall–Kier alpha value is -5.86. The highest BCUT2D eigenvalue weighted by atomic mass is 16.3. The normalized spacial score (nSPS) is 12.1. The molecule has 8 aromatic carbocycles. The minimum Gasteiger partial charge on any atom is -0.456 e. The van der Waals surface area contributed by atoms with Crippen molar-refractivity contribution >= 4 is 76.2 Å². The van der Waals surface area contributed by atoms with Crippen molar-refractivity contribution in [1.82, 2.24) is 0 Å². The highest BCUT2D eigenvalue weighted by molar-refractivity contribution is 6.26.